The van der Waals surface area contributed by atoms with Crippen molar-refractivity contribution in [1.82, 2.24) is 0 Å². The zero-order chi connectivity index (χ0) is 15.2. The number of aryl methyl sites for hydroxylation is 1. The van der Waals surface area contributed by atoms with Crippen molar-refractivity contribution < 1.29 is 9.53 Å². The van der Waals surface area contributed by atoms with Crippen LogP contribution in [-0.2, 0) is 9.53 Å². The smallest absolute Gasteiger partial charge is 0.250 e. The Balaban J connectivity index is 2.67. The number of benzene rings is 1. The molecular weight excluding hydrogens is 252 g/mol. The van der Waals surface area contributed by atoms with Crippen LogP contribution in [0.3, 0.4) is 0 Å². The van der Waals surface area contributed by atoms with Gasteiger partial charge in [-0.25, -0.2) is 0 Å². The van der Waals surface area contributed by atoms with Gasteiger partial charge in [0.05, 0.1) is 12.1 Å². The van der Waals surface area contributed by atoms with Crippen molar-refractivity contribution in [2.24, 2.45) is 5.73 Å². The lowest BCUT2D eigenvalue weighted by Crippen LogP contribution is -2.27. The number of nitrogens with two attached hydrogens (primary N) is 1. The van der Waals surface area contributed by atoms with Gasteiger partial charge < -0.3 is 15.8 Å². The van der Waals surface area contributed by atoms with Gasteiger partial charge in [-0.1, -0.05) is 11.8 Å². The Morgan fingerprint density at radius 3 is 2.65 bits per heavy atom. The average molecular weight is 274 g/mol. The number of carbonyl (C=O) groups excluding carboxylic acids is 1. The fourth-order valence-corrected chi connectivity index (χ4v) is 1.50. The number of amides is 1. The van der Waals surface area contributed by atoms with Crippen molar-refractivity contribution in [2.75, 3.05) is 18.5 Å². The highest BCUT2D eigenvalue weighted by Gasteiger charge is 2.13. The third-order valence-corrected chi connectivity index (χ3v) is 2.47. The Bertz CT molecular complexity index is 534. The van der Waals surface area contributed by atoms with Gasteiger partial charge in [0.1, 0.15) is 6.61 Å². The van der Waals surface area contributed by atoms with Crippen LogP contribution in [0.25, 0.3) is 0 Å². The summed E-state index contributed by atoms with van der Waals surface area (Å²) in [5.74, 6) is 5.59. The van der Waals surface area contributed by atoms with Gasteiger partial charge in [-0.15, -0.1) is 0 Å². The molecule has 0 spiro atoms. The number of nitrogens with one attached hydrogen (secondary N) is 1. The molecule has 0 fully saturated rings. The van der Waals surface area contributed by atoms with E-state index in [0.717, 1.165) is 16.8 Å². The zero-order valence-corrected chi connectivity index (χ0v) is 12.5. The summed E-state index contributed by atoms with van der Waals surface area (Å²) in [5.41, 5.74) is 7.62. The maximum atomic E-state index is 11.8. The summed E-state index contributed by atoms with van der Waals surface area (Å²) >= 11 is 0. The van der Waals surface area contributed by atoms with Crippen LogP contribution < -0.4 is 11.1 Å². The molecule has 0 saturated carbocycles. The van der Waals surface area contributed by atoms with Crippen molar-refractivity contribution >= 4 is 11.6 Å². The zero-order valence-electron chi connectivity index (χ0n) is 12.5. The van der Waals surface area contributed by atoms with E-state index in [9.17, 15) is 4.79 Å². The van der Waals surface area contributed by atoms with Gasteiger partial charge in [0.15, 0.2) is 0 Å². The third kappa shape index (κ3) is 5.87. The number of hydrogen-bond acceptors (Lipinski definition) is 3. The van der Waals surface area contributed by atoms with Crippen LogP contribution in [0.2, 0.25) is 0 Å². The van der Waals surface area contributed by atoms with Crippen LogP contribution in [0, 0.1) is 18.8 Å². The molecule has 1 aromatic rings. The van der Waals surface area contributed by atoms with E-state index in [0.29, 0.717) is 6.54 Å². The first-order valence-corrected chi connectivity index (χ1v) is 6.55. The monoisotopic (exact) mass is 274 g/mol. The number of hydrogen-bond donors (Lipinski definition) is 2. The summed E-state index contributed by atoms with van der Waals surface area (Å²) in [6, 6.07) is 5.61. The number of anilines is 1. The lowest BCUT2D eigenvalue weighted by Gasteiger charge is -2.19. The summed E-state index contributed by atoms with van der Waals surface area (Å²) in [5, 5.41) is 2.83. The standard InChI is InChI=1S/C16H22N2O2/c1-12-10-13(6-5-9-17)7-8-14(12)18-15(19)11-20-16(2,3)4/h7-8,10H,9,11,17H2,1-4H3,(H,18,19). The van der Waals surface area contributed by atoms with Crippen molar-refractivity contribution in [1.29, 1.82) is 0 Å². The predicted octanol–water partition coefficient (Wildman–Crippen LogP) is 2.06. The first-order chi connectivity index (χ1) is 9.31. The van der Waals surface area contributed by atoms with Crippen molar-refractivity contribution in [3.63, 3.8) is 0 Å². The molecule has 108 valence electrons. The van der Waals surface area contributed by atoms with E-state index in [-0.39, 0.29) is 18.1 Å². The lowest BCUT2D eigenvalue weighted by molar-refractivity contribution is -0.125. The molecular formula is C16H22N2O2. The maximum absolute atomic E-state index is 11.8. The second-order valence-corrected chi connectivity index (χ2v) is 5.48. The van der Waals surface area contributed by atoms with Crippen LogP contribution in [0.4, 0.5) is 5.69 Å². The molecule has 0 heterocycles. The minimum atomic E-state index is -0.325. The minimum absolute atomic E-state index is 0.0394. The van der Waals surface area contributed by atoms with E-state index >= 15 is 0 Å². The largest absolute Gasteiger partial charge is 0.366 e. The highest BCUT2D eigenvalue weighted by molar-refractivity contribution is 5.92. The molecule has 3 N–H and O–H groups in total. The van der Waals surface area contributed by atoms with Gasteiger partial charge in [-0.3, -0.25) is 4.79 Å². The van der Waals surface area contributed by atoms with E-state index in [4.69, 9.17) is 10.5 Å². The fraction of sp³-hybridized carbons (Fsp3) is 0.438. The van der Waals surface area contributed by atoms with E-state index in [1.54, 1.807) is 0 Å². The predicted molar refractivity (Wildman–Crippen MR) is 81.4 cm³/mol. The first-order valence-electron chi connectivity index (χ1n) is 6.55. The van der Waals surface area contributed by atoms with Crippen LogP contribution in [-0.4, -0.2) is 24.7 Å². The first kappa shape index (κ1) is 16.2. The van der Waals surface area contributed by atoms with Gasteiger partial charge >= 0.3 is 0 Å². The average Bonchev–Trinajstić information content (AvgIpc) is 2.36. The Morgan fingerprint density at radius 2 is 2.10 bits per heavy atom. The lowest BCUT2D eigenvalue weighted by atomic mass is 10.1. The highest BCUT2D eigenvalue weighted by atomic mass is 16.5. The summed E-state index contributed by atoms with van der Waals surface area (Å²) in [6.07, 6.45) is 0. The summed E-state index contributed by atoms with van der Waals surface area (Å²) < 4.78 is 5.43. The molecule has 0 aromatic heterocycles. The summed E-state index contributed by atoms with van der Waals surface area (Å²) in [7, 11) is 0. The topological polar surface area (TPSA) is 64.3 Å². The van der Waals surface area contributed by atoms with E-state index in [1.165, 1.54) is 0 Å². The minimum Gasteiger partial charge on any atom is -0.366 e. The highest BCUT2D eigenvalue weighted by Crippen LogP contribution is 2.16. The molecule has 0 unspecified atom stereocenters. The van der Waals surface area contributed by atoms with E-state index in [2.05, 4.69) is 17.2 Å². The molecule has 4 nitrogen and oxygen atoms in total. The van der Waals surface area contributed by atoms with E-state index < -0.39 is 0 Å². The molecule has 0 aliphatic rings. The van der Waals surface area contributed by atoms with Crippen LogP contribution in [0.1, 0.15) is 31.9 Å². The molecule has 0 atom stereocenters. The van der Waals surface area contributed by atoms with Gasteiger partial charge in [-0.05, 0) is 51.5 Å². The SMILES string of the molecule is Cc1cc(C#CCN)ccc1NC(=O)COC(C)(C)C. The quantitative estimate of drug-likeness (QED) is 0.829. The van der Waals surface area contributed by atoms with Crippen molar-refractivity contribution in [3.05, 3.63) is 29.3 Å². The van der Waals surface area contributed by atoms with Crippen LogP contribution in [0.5, 0.6) is 0 Å². The Morgan fingerprint density at radius 1 is 1.40 bits per heavy atom. The number of carbonyl (C=O) groups is 1. The van der Waals surface area contributed by atoms with Gasteiger partial charge in [-0.2, -0.15) is 0 Å². The summed E-state index contributed by atoms with van der Waals surface area (Å²) in [6.45, 7) is 8.04. The molecule has 0 radical (unpaired) electrons. The molecule has 4 heteroatoms. The van der Waals surface area contributed by atoms with Crippen LogP contribution in [0.15, 0.2) is 18.2 Å². The Kier molecular flexibility index (Phi) is 5.75. The Hall–Kier alpha value is -1.83. The fourth-order valence-electron chi connectivity index (χ4n) is 1.50. The van der Waals surface area contributed by atoms with Gasteiger partial charge in [0.25, 0.3) is 0 Å². The second-order valence-electron chi connectivity index (χ2n) is 5.48. The third-order valence-electron chi connectivity index (χ3n) is 2.47. The van der Waals surface area contributed by atoms with Gasteiger partial charge in [0.2, 0.25) is 5.91 Å². The second kappa shape index (κ2) is 7.09. The van der Waals surface area contributed by atoms with E-state index in [1.807, 2.05) is 45.9 Å². The molecule has 1 amide bonds. The molecule has 0 aliphatic heterocycles. The van der Waals surface area contributed by atoms with Crippen molar-refractivity contribution in [3.8, 4) is 11.8 Å². The number of ether oxygens (including phenoxy) is 1. The summed E-state index contributed by atoms with van der Waals surface area (Å²) in [4.78, 5) is 11.8. The number of rotatable bonds is 3. The normalized spacial score (nSPS) is 10.7. The molecule has 1 rings (SSSR count). The molecule has 1 aromatic carbocycles. The maximum Gasteiger partial charge on any atom is 0.250 e. The van der Waals surface area contributed by atoms with Crippen LogP contribution >= 0.6 is 0 Å². The Labute approximate surface area is 120 Å². The molecule has 0 saturated heterocycles. The molecule has 0 aliphatic carbocycles. The molecule has 20 heavy (non-hydrogen) atoms. The van der Waals surface area contributed by atoms with Crippen molar-refractivity contribution in [2.45, 2.75) is 33.3 Å². The molecule has 0 bridgehead atoms. The van der Waals surface area contributed by atoms with Gasteiger partial charge in [0, 0.05) is 11.3 Å².